The van der Waals surface area contributed by atoms with Crippen molar-refractivity contribution in [3.8, 4) is 0 Å². The summed E-state index contributed by atoms with van der Waals surface area (Å²) < 4.78 is 0.475. The molecular weight excluding hydrogens is 204 g/mol. The highest BCUT2D eigenvalue weighted by molar-refractivity contribution is 7.98. The highest BCUT2D eigenvalue weighted by Gasteiger charge is 2.07. The summed E-state index contributed by atoms with van der Waals surface area (Å²) in [5.41, 5.74) is 1.79. The number of hydrogen-bond acceptors (Lipinski definition) is 4. The molecule has 2 N–H and O–H groups in total. The van der Waals surface area contributed by atoms with E-state index in [1.807, 2.05) is 13.2 Å². The monoisotopic (exact) mass is 212 g/mol. The van der Waals surface area contributed by atoms with Crippen LogP contribution >= 0.6 is 24.0 Å². The fourth-order valence-electron chi connectivity index (χ4n) is 1.21. The normalized spacial score (nSPS) is 10.9. The van der Waals surface area contributed by atoms with Gasteiger partial charge in [-0.25, -0.2) is 4.98 Å². The van der Waals surface area contributed by atoms with Gasteiger partial charge in [-0.15, -0.1) is 11.8 Å². The van der Waals surface area contributed by atoms with Crippen molar-refractivity contribution >= 4 is 35.0 Å². The Bertz CT molecular complexity index is 499. The first-order chi connectivity index (χ1) is 6.22. The lowest BCUT2D eigenvalue weighted by molar-refractivity contribution is 1.04. The van der Waals surface area contributed by atoms with Gasteiger partial charge in [-0.2, -0.15) is 5.10 Å². The number of aromatic nitrogens is 4. The smallest absolute Gasteiger partial charge is 0.199 e. The molecule has 0 unspecified atom stereocenters. The molecule has 13 heavy (non-hydrogen) atoms. The van der Waals surface area contributed by atoms with E-state index in [1.54, 1.807) is 11.8 Å². The third kappa shape index (κ3) is 1.36. The van der Waals surface area contributed by atoms with Crippen LogP contribution in [0.1, 0.15) is 5.69 Å². The van der Waals surface area contributed by atoms with Gasteiger partial charge < -0.3 is 4.98 Å². The van der Waals surface area contributed by atoms with Crippen molar-refractivity contribution < 1.29 is 0 Å². The van der Waals surface area contributed by atoms with Crippen LogP contribution in [0.3, 0.4) is 0 Å². The largest absolute Gasteiger partial charge is 0.313 e. The molecule has 6 heteroatoms. The van der Waals surface area contributed by atoms with Gasteiger partial charge in [-0.1, -0.05) is 0 Å². The molecule has 2 heterocycles. The molecule has 0 aliphatic rings. The molecule has 0 bridgehead atoms. The Morgan fingerprint density at radius 3 is 2.92 bits per heavy atom. The van der Waals surface area contributed by atoms with Gasteiger partial charge in [0, 0.05) is 5.69 Å². The molecule has 0 aliphatic heterocycles. The lowest BCUT2D eigenvalue weighted by Gasteiger charge is -1.97. The first kappa shape index (κ1) is 8.71. The van der Waals surface area contributed by atoms with E-state index in [9.17, 15) is 0 Å². The van der Waals surface area contributed by atoms with Crippen LogP contribution in [-0.4, -0.2) is 26.4 Å². The van der Waals surface area contributed by atoms with E-state index < -0.39 is 0 Å². The van der Waals surface area contributed by atoms with E-state index in [0.717, 1.165) is 21.8 Å². The molecule has 0 spiro atoms. The van der Waals surface area contributed by atoms with Gasteiger partial charge in [-0.05, 0) is 25.4 Å². The maximum absolute atomic E-state index is 4.97. The van der Waals surface area contributed by atoms with Gasteiger partial charge in [0.1, 0.15) is 5.03 Å². The molecule has 4 nitrogen and oxygen atoms in total. The number of rotatable bonds is 1. The van der Waals surface area contributed by atoms with Gasteiger partial charge in [0.15, 0.2) is 10.4 Å². The average Bonchev–Trinajstić information content (AvgIpc) is 2.46. The van der Waals surface area contributed by atoms with Crippen LogP contribution in [0.5, 0.6) is 0 Å². The number of fused-ring (bicyclic) bond motifs is 1. The summed E-state index contributed by atoms with van der Waals surface area (Å²) in [5.74, 6) is 0. The SMILES string of the molecule is CSc1nc(=S)[nH]c2n[nH]c(C)c12. The maximum Gasteiger partial charge on any atom is 0.199 e. The predicted octanol–water partition coefficient (Wildman–Crippen LogP) is 2.05. The van der Waals surface area contributed by atoms with Gasteiger partial charge in [0.2, 0.25) is 0 Å². The van der Waals surface area contributed by atoms with Gasteiger partial charge in [0.25, 0.3) is 0 Å². The van der Waals surface area contributed by atoms with Crippen molar-refractivity contribution in [3.63, 3.8) is 0 Å². The number of nitrogens with one attached hydrogen (secondary N) is 2. The zero-order valence-corrected chi connectivity index (χ0v) is 8.84. The van der Waals surface area contributed by atoms with Crippen LogP contribution in [0, 0.1) is 11.7 Å². The summed E-state index contributed by atoms with van der Waals surface area (Å²) in [6, 6.07) is 0. The molecule has 0 amide bonds. The Morgan fingerprint density at radius 1 is 1.46 bits per heavy atom. The van der Waals surface area contributed by atoms with E-state index >= 15 is 0 Å². The number of aryl methyl sites for hydroxylation is 1. The number of hydrogen-bond donors (Lipinski definition) is 2. The maximum atomic E-state index is 4.97. The van der Waals surface area contributed by atoms with Gasteiger partial charge >= 0.3 is 0 Å². The van der Waals surface area contributed by atoms with E-state index in [2.05, 4.69) is 20.2 Å². The molecule has 2 aromatic heterocycles. The highest BCUT2D eigenvalue weighted by atomic mass is 32.2. The summed E-state index contributed by atoms with van der Waals surface area (Å²) in [5, 5.41) is 8.93. The molecular formula is C7H8N4S2. The average molecular weight is 212 g/mol. The third-order valence-electron chi connectivity index (χ3n) is 1.78. The zero-order chi connectivity index (χ0) is 9.42. The summed E-state index contributed by atoms with van der Waals surface area (Å²) in [7, 11) is 0. The molecule has 2 rings (SSSR count). The van der Waals surface area contributed by atoms with E-state index in [4.69, 9.17) is 12.2 Å². The second-order valence-corrected chi connectivity index (χ2v) is 3.81. The fourth-order valence-corrected chi connectivity index (χ4v) is 2.09. The molecule has 0 fully saturated rings. The molecule has 0 aromatic carbocycles. The Labute approximate surface area is 84.2 Å². The molecule has 0 saturated carbocycles. The molecule has 0 radical (unpaired) electrons. The third-order valence-corrected chi connectivity index (χ3v) is 2.66. The standard InChI is InChI=1S/C7H8N4S2/c1-3-4-5(11-10-3)8-7(12)9-6(4)13-2/h1-2H3,(H2,8,9,10,11,12). The fraction of sp³-hybridized carbons (Fsp3) is 0.286. The Balaban J connectivity index is 2.93. The van der Waals surface area contributed by atoms with Crippen molar-refractivity contribution in [2.75, 3.05) is 6.26 Å². The minimum Gasteiger partial charge on any atom is -0.313 e. The quantitative estimate of drug-likeness (QED) is 0.431. The van der Waals surface area contributed by atoms with E-state index in [0.29, 0.717) is 4.77 Å². The topological polar surface area (TPSA) is 57.4 Å². The molecule has 68 valence electrons. The van der Waals surface area contributed by atoms with Crippen LogP contribution in [0.4, 0.5) is 0 Å². The Kier molecular flexibility index (Phi) is 2.09. The first-order valence-electron chi connectivity index (χ1n) is 3.71. The number of thioether (sulfide) groups is 1. The van der Waals surface area contributed by atoms with Crippen molar-refractivity contribution in [2.45, 2.75) is 11.9 Å². The van der Waals surface area contributed by atoms with Crippen molar-refractivity contribution in [2.24, 2.45) is 0 Å². The molecule has 0 saturated heterocycles. The second-order valence-electron chi connectivity index (χ2n) is 2.62. The lowest BCUT2D eigenvalue weighted by Crippen LogP contribution is -1.87. The van der Waals surface area contributed by atoms with Crippen molar-refractivity contribution in [3.05, 3.63) is 10.5 Å². The van der Waals surface area contributed by atoms with Crippen molar-refractivity contribution in [1.29, 1.82) is 0 Å². The first-order valence-corrected chi connectivity index (χ1v) is 5.34. The Hall–Kier alpha value is -0.880. The van der Waals surface area contributed by atoms with Gasteiger partial charge in [0.05, 0.1) is 5.39 Å². The Morgan fingerprint density at radius 2 is 2.23 bits per heavy atom. The van der Waals surface area contributed by atoms with Gasteiger partial charge in [-0.3, -0.25) is 5.10 Å². The highest BCUT2D eigenvalue weighted by Crippen LogP contribution is 2.23. The second kappa shape index (κ2) is 3.12. The number of H-pyrrole nitrogens is 2. The van der Waals surface area contributed by atoms with Crippen LogP contribution in [-0.2, 0) is 0 Å². The molecule has 0 atom stereocenters. The van der Waals surface area contributed by atoms with Crippen LogP contribution in [0.2, 0.25) is 0 Å². The zero-order valence-electron chi connectivity index (χ0n) is 7.21. The number of nitrogens with zero attached hydrogens (tertiary/aromatic N) is 2. The molecule has 0 aliphatic carbocycles. The number of aromatic amines is 2. The van der Waals surface area contributed by atoms with Crippen LogP contribution < -0.4 is 0 Å². The van der Waals surface area contributed by atoms with Crippen LogP contribution in [0.25, 0.3) is 11.0 Å². The summed E-state index contributed by atoms with van der Waals surface area (Å²) >= 11 is 6.54. The van der Waals surface area contributed by atoms with E-state index in [1.165, 1.54) is 0 Å². The summed E-state index contributed by atoms with van der Waals surface area (Å²) in [4.78, 5) is 7.15. The minimum atomic E-state index is 0.475. The van der Waals surface area contributed by atoms with Crippen LogP contribution in [0.15, 0.2) is 5.03 Å². The molecule has 2 aromatic rings. The predicted molar refractivity (Wildman–Crippen MR) is 55.6 cm³/mol. The van der Waals surface area contributed by atoms with E-state index in [-0.39, 0.29) is 0 Å². The van der Waals surface area contributed by atoms with Crippen molar-refractivity contribution in [1.82, 2.24) is 20.2 Å². The minimum absolute atomic E-state index is 0.475. The lowest BCUT2D eigenvalue weighted by atomic mass is 10.3. The summed E-state index contributed by atoms with van der Waals surface area (Å²) in [6.45, 7) is 1.97. The summed E-state index contributed by atoms with van der Waals surface area (Å²) in [6.07, 6.45) is 1.98.